The normalized spacial score (nSPS) is 24.2. The summed E-state index contributed by atoms with van der Waals surface area (Å²) >= 11 is 9.70. The van der Waals surface area contributed by atoms with Crippen molar-refractivity contribution in [1.29, 1.82) is 0 Å². The highest BCUT2D eigenvalue weighted by Gasteiger charge is 2.33. The number of rotatable bonds is 2. The number of nitrogens with two attached hydrogens (primary N) is 1. The highest BCUT2D eigenvalue weighted by Crippen LogP contribution is 2.30. The third-order valence-corrected chi connectivity index (χ3v) is 4.65. The predicted octanol–water partition coefficient (Wildman–Crippen LogP) is 3.66. The Labute approximate surface area is 123 Å². The van der Waals surface area contributed by atoms with E-state index in [9.17, 15) is 0 Å². The number of likely N-dealkylation sites (tertiary alicyclic amines) is 1. The fraction of sp³-hybridized carbons (Fsp3) is 0.571. The molecule has 2 rings (SSSR count). The molecule has 1 aliphatic heterocycles. The molecule has 2 nitrogen and oxygen atoms in total. The Morgan fingerprint density at radius 2 is 2.22 bits per heavy atom. The molecule has 1 aromatic rings. The van der Waals surface area contributed by atoms with Crippen LogP contribution < -0.4 is 5.73 Å². The molecule has 18 heavy (non-hydrogen) atoms. The minimum absolute atomic E-state index is 0.181. The molecule has 0 radical (unpaired) electrons. The van der Waals surface area contributed by atoms with Gasteiger partial charge in [-0.1, -0.05) is 47.4 Å². The van der Waals surface area contributed by atoms with E-state index in [0.717, 1.165) is 35.6 Å². The first kappa shape index (κ1) is 14.3. The molecule has 0 amide bonds. The smallest absolute Gasteiger partial charge is 0.0462 e. The molecule has 0 spiro atoms. The largest absolute Gasteiger partial charge is 0.327 e. The van der Waals surface area contributed by atoms with E-state index in [0.29, 0.717) is 6.04 Å². The van der Waals surface area contributed by atoms with Crippen LogP contribution in [0.1, 0.15) is 25.8 Å². The number of hydrogen-bond acceptors (Lipinski definition) is 2. The maximum atomic E-state index is 6.27. The molecule has 1 heterocycles. The van der Waals surface area contributed by atoms with Gasteiger partial charge in [0.2, 0.25) is 0 Å². The van der Waals surface area contributed by atoms with Gasteiger partial charge in [-0.15, -0.1) is 0 Å². The van der Waals surface area contributed by atoms with Gasteiger partial charge in [-0.05, 0) is 29.5 Å². The minimum atomic E-state index is 0.181. The molecule has 4 heteroatoms. The molecule has 1 aromatic carbocycles. The summed E-state index contributed by atoms with van der Waals surface area (Å²) in [6, 6.07) is 6.39. The number of piperidine rings is 1. The van der Waals surface area contributed by atoms with Crippen LogP contribution in [0.4, 0.5) is 0 Å². The quantitative estimate of drug-likeness (QED) is 0.896. The Bertz CT molecular complexity index is 434. The zero-order valence-electron chi connectivity index (χ0n) is 10.9. The Morgan fingerprint density at radius 1 is 1.50 bits per heavy atom. The van der Waals surface area contributed by atoms with Crippen LogP contribution in [-0.4, -0.2) is 24.0 Å². The Morgan fingerprint density at radius 3 is 2.83 bits per heavy atom. The SMILES string of the molecule is CC1(C)CN(Cc2ccc(Br)cc2Cl)CCC1N. The molecule has 0 bridgehead atoms. The lowest BCUT2D eigenvalue weighted by Gasteiger charge is -2.42. The van der Waals surface area contributed by atoms with E-state index in [-0.39, 0.29) is 5.41 Å². The molecule has 1 unspecified atom stereocenters. The first-order valence-corrected chi connectivity index (χ1v) is 7.47. The Balaban J connectivity index is 2.06. The second-order valence-electron chi connectivity index (χ2n) is 5.83. The van der Waals surface area contributed by atoms with E-state index in [4.69, 9.17) is 17.3 Å². The van der Waals surface area contributed by atoms with E-state index in [1.807, 2.05) is 12.1 Å². The summed E-state index contributed by atoms with van der Waals surface area (Å²) in [5.74, 6) is 0. The second-order valence-corrected chi connectivity index (χ2v) is 7.15. The molecule has 2 N–H and O–H groups in total. The average Bonchev–Trinajstić information content (AvgIpc) is 2.27. The molecule has 1 saturated heterocycles. The lowest BCUT2D eigenvalue weighted by molar-refractivity contribution is 0.0899. The lowest BCUT2D eigenvalue weighted by atomic mass is 9.79. The summed E-state index contributed by atoms with van der Waals surface area (Å²) in [6.45, 7) is 7.47. The van der Waals surface area contributed by atoms with Gasteiger partial charge in [-0.3, -0.25) is 4.90 Å². The molecular formula is C14H20BrClN2. The van der Waals surface area contributed by atoms with Crippen LogP contribution in [0.3, 0.4) is 0 Å². The van der Waals surface area contributed by atoms with Gasteiger partial charge < -0.3 is 5.73 Å². The van der Waals surface area contributed by atoms with Gasteiger partial charge in [0.25, 0.3) is 0 Å². The molecular weight excluding hydrogens is 312 g/mol. The van der Waals surface area contributed by atoms with Crippen molar-refractivity contribution in [2.45, 2.75) is 32.9 Å². The standard InChI is InChI=1S/C14H20BrClN2/c1-14(2)9-18(6-5-13(14)17)8-10-3-4-11(15)7-12(10)16/h3-4,7,13H,5-6,8-9,17H2,1-2H3. The summed E-state index contributed by atoms with van der Waals surface area (Å²) in [5.41, 5.74) is 7.53. The van der Waals surface area contributed by atoms with Crippen LogP contribution in [0.15, 0.2) is 22.7 Å². The van der Waals surface area contributed by atoms with Gasteiger partial charge in [-0.2, -0.15) is 0 Å². The lowest BCUT2D eigenvalue weighted by Crippen LogP contribution is -2.52. The maximum absolute atomic E-state index is 6.27. The van der Waals surface area contributed by atoms with E-state index in [1.165, 1.54) is 5.56 Å². The molecule has 100 valence electrons. The van der Waals surface area contributed by atoms with Gasteiger partial charge in [0, 0.05) is 35.2 Å². The van der Waals surface area contributed by atoms with E-state index in [1.54, 1.807) is 0 Å². The summed E-state index contributed by atoms with van der Waals surface area (Å²) in [7, 11) is 0. The number of nitrogens with zero attached hydrogens (tertiary/aromatic N) is 1. The second kappa shape index (κ2) is 5.49. The summed E-state index contributed by atoms with van der Waals surface area (Å²) in [6.07, 6.45) is 1.06. The number of benzene rings is 1. The fourth-order valence-electron chi connectivity index (χ4n) is 2.51. The number of halogens is 2. The number of hydrogen-bond donors (Lipinski definition) is 1. The molecule has 0 saturated carbocycles. The molecule has 1 aliphatic rings. The minimum Gasteiger partial charge on any atom is -0.327 e. The zero-order chi connectivity index (χ0) is 13.3. The summed E-state index contributed by atoms with van der Waals surface area (Å²) in [4.78, 5) is 2.44. The van der Waals surface area contributed by atoms with Crippen LogP contribution in [0, 0.1) is 5.41 Å². The first-order valence-electron chi connectivity index (χ1n) is 6.30. The van der Waals surface area contributed by atoms with Crippen molar-refractivity contribution in [2.24, 2.45) is 11.1 Å². The third-order valence-electron chi connectivity index (χ3n) is 3.80. The van der Waals surface area contributed by atoms with Gasteiger partial charge >= 0.3 is 0 Å². The topological polar surface area (TPSA) is 29.3 Å². The first-order chi connectivity index (χ1) is 8.38. The van der Waals surface area contributed by atoms with Crippen molar-refractivity contribution in [1.82, 2.24) is 4.90 Å². The van der Waals surface area contributed by atoms with Gasteiger partial charge in [0.15, 0.2) is 0 Å². The van der Waals surface area contributed by atoms with Crippen molar-refractivity contribution < 1.29 is 0 Å². The Hall–Kier alpha value is -0.0900. The maximum Gasteiger partial charge on any atom is 0.0462 e. The van der Waals surface area contributed by atoms with Crippen LogP contribution >= 0.6 is 27.5 Å². The highest BCUT2D eigenvalue weighted by atomic mass is 79.9. The molecule has 0 aromatic heterocycles. The van der Waals surface area contributed by atoms with Crippen LogP contribution in [0.5, 0.6) is 0 Å². The van der Waals surface area contributed by atoms with Crippen molar-refractivity contribution in [2.75, 3.05) is 13.1 Å². The van der Waals surface area contributed by atoms with Crippen molar-refractivity contribution in [3.8, 4) is 0 Å². The van der Waals surface area contributed by atoms with Crippen LogP contribution in [0.25, 0.3) is 0 Å². The molecule has 0 aliphatic carbocycles. The zero-order valence-corrected chi connectivity index (χ0v) is 13.3. The van der Waals surface area contributed by atoms with E-state index in [2.05, 4.69) is 40.7 Å². The molecule has 1 fully saturated rings. The highest BCUT2D eigenvalue weighted by molar-refractivity contribution is 9.10. The van der Waals surface area contributed by atoms with Crippen molar-refractivity contribution in [3.05, 3.63) is 33.3 Å². The molecule has 1 atom stereocenters. The predicted molar refractivity (Wildman–Crippen MR) is 80.8 cm³/mol. The summed E-state index contributed by atoms with van der Waals surface area (Å²) in [5, 5.41) is 0.831. The van der Waals surface area contributed by atoms with Gasteiger partial charge in [0.1, 0.15) is 0 Å². The van der Waals surface area contributed by atoms with E-state index < -0.39 is 0 Å². The average molecular weight is 332 g/mol. The van der Waals surface area contributed by atoms with Crippen LogP contribution in [-0.2, 0) is 6.54 Å². The van der Waals surface area contributed by atoms with Gasteiger partial charge in [-0.25, -0.2) is 0 Å². The summed E-state index contributed by atoms with van der Waals surface area (Å²) < 4.78 is 1.03. The third kappa shape index (κ3) is 3.27. The van der Waals surface area contributed by atoms with Crippen molar-refractivity contribution in [3.63, 3.8) is 0 Å². The fourth-order valence-corrected chi connectivity index (χ4v) is 3.24. The monoisotopic (exact) mass is 330 g/mol. The van der Waals surface area contributed by atoms with Crippen molar-refractivity contribution >= 4 is 27.5 Å². The van der Waals surface area contributed by atoms with E-state index >= 15 is 0 Å². The van der Waals surface area contributed by atoms with Crippen LogP contribution in [0.2, 0.25) is 5.02 Å². The van der Waals surface area contributed by atoms with Gasteiger partial charge in [0.05, 0.1) is 0 Å². The Kier molecular flexibility index (Phi) is 4.37.